The van der Waals surface area contributed by atoms with Crippen molar-refractivity contribution in [3.05, 3.63) is 51.3 Å². The number of aryl methyl sites for hydroxylation is 1. The quantitative estimate of drug-likeness (QED) is 0.770. The molecular formula is C19H20N4O4. The maximum atomic E-state index is 12.6. The molecule has 2 amide bonds. The number of rotatable bonds is 4. The summed E-state index contributed by atoms with van der Waals surface area (Å²) in [5.74, 6) is -1.21. The Morgan fingerprint density at radius 2 is 2.00 bits per heavy atom. The van der Waals surface area contributed by atoms with Gasteiger partial charge in [0.15, 0.2) is 0 Å². The first-order valence-corrected chi connectivity index (χ1v) is 8.79. The van der Waals surface area contributed by atoms with Gasteiger partial charge in [-0.1, -0.05) is 6.07 Å². The number of nitrogen functional groups attached to an aromatic ring is 1. The van der Waals surface area contributed by atoms with E-state index in [1.807, 2.05) is 18.2 Å². The summed E-state index contributed by atoms with van der Waals surface area (Å²) >= 11 is 0. The summed E-state index contributed by atoms with van der Waals surface area (Å²) in [6.07, 6.45) is 2.02. The fourth-order valence-corrected chi connectivity index (χ4v) is 3.76. The summed E-state index contributed by atoms with van der Waals surface area (Å²) in [7, 11) is 1.67. The minimum Gasteiger partial charge on any atom is -0.384 e. The lowest BCUT2D eigenvalue weighted by Gasteiger charge is -2.31. The van der Waals surface area contributed by atoms with Crippen LogP contribution >= 0.6 is 0 Å². The van der Waals surface area contributed by atoms with Crippen molar-refractivity contribution in [1.82, 2.24) is 9.88 Å². The first-order chi connectivity index (χ1) is 13.0. The van der Waals surface area contributed by atoms with Crippen molar-refractivity contribution in [2.24, 2.45) is 0 Å². The van der Waals surface area contributed by atoms with Gasteiger partial charge in [0.05, 0.1) is 23.4 Å². The molecule has 0 radical (unpaired) electrons. The van der Waals surface area contributed by atoms with Crippen molar-refractivity contribution in [2.75, 3.05) is 37.4 Å². The number of hydrogen-bond donors (Lipinski definition) is 2. The number of carbonyl (C=O) groups excluding carboxylic acids is 2. The molecule has 0 bridgehead atoms. The molecule has 1 aromatic carbocycles. The lowest BCUT2D eigenvalue weighted by molar-refractivity contribution is 0.0880. The van der Waals surface area contributed by atoms with Crippen LogP contribution in [0.15, 0.2) is 29.1 Å². The second kappa shape index (κ2) is 6.55. The number of ether oxygens (including phenoxy) is 1. The SMILES string of the molecule is COCCN1CCCc2ccc(-n3c(N)c4c(cc3=O)C(=O)NC4=O)cc21. The first kappa shape index (κ1) is 17.3. The molecule has 2 aliphatic heterocycles. The molecule has 8 nitrogen and oxygen atoms in total. The Hall–Kier alpha value is -3.13. The molecule has 0 aliphatic carbocycles. The fraction of sp³-hybridized carbons (Fsp3) is 0.316. The van der Waals surface area contributed by atoms with Crippen LogP contribution in [-0.2, 0) is 11.2 Å². The molecule has 3 N–H and O–H groups in total. The molecule has 140 valence electrons. The second-order valence-electron chi connectivity index (χ2n) is 6.67. The predicted octanol–water partition coefficient (Wildman–Crippen LogP) is 0.702. The van der Waals surface area contributed by atoms with Crippen LogP contribution in [0.4, 0.5) is 11.5 Å². The molecule has 0 unspecified atom stereocenters. The van der Waals surface area contributed by atoms with Gasteiger partial charge in [-0.15, -0.1) is 0 Å². The van der Waals surface area contributed by atoms with Crippen LogP contribution in [0, 0.1) is 0 Å². The van der Waals surface area contributed by atoms with Crippen LogP contribution in [0.3, 0.4) is 0 Å². The number of nitrogens with two attached hydrogens (primary N) is 1. The first-order valence-electron chi connectivity index (χ1n) is 8.79. The highest BCUT2D eigenvalue weighted by Crippen LogP contribution is 2.30. The zero-order chi connectivity index (χ0) is 19.1. The van der Waals surface area contributed by atoms with Gasteiger partial charge in [-0.05, 0) is 30.5 Å². The highest BCUT2D eigenvalue weighted by atomic mass is 16.5. The number of anilines is 2. The van der Waals surface area contributed by atoms with Crippen molar-refractivity contribution in [3.8, 4) is 5.69 Å². The summed E-state index contributed by atoms with van der Waals surface area (Å²) in [6.45, 7) is 2.26. The molecule has 0 spiro atoms. The van der Waals surface area contributed by atoms with E-state index in [0.29, 0.717) is 12.3 Å². The molecule has 0 atom stereocenters. The molecule has 1 aromatic heterocycles. The van der Waals surface area contributed by atoms with E-state index >= 15 is 0 Å². The third kappa shape index (κ3) is 2.78. The number of carbonyl (C=O) groups is 2. The minimum atomic E-state index is -0.595. The fourth-order valence-electron chi connectivity index (χ4n) is 3.76. The minimum absolute atomic E-state index is 0.0263. The number of imide groups is 1. The summed E-state index contributed by atoms with van der Waals surface area (Å²) in [4.78, 5) is 38.7. The van der Waals surface area contributed by atoms with Crippen molar-refractivity contribution < 1.29 is 14.3 Å². The number of benzene rings is 1. The van der Waals surface area contributed by atoms with Gasteiger partial charge < -0.3 is 15.4 Å². The molecule has 3 heterocycles. The van der Waals surface area contributed by atoms with Gasteiger partial charge in [-0.2, -0.15) is 0 Å². The highest BCUT2D eigenvalue weighted by Gasteiger charge is 2.32. The summed E-state index contributed by atoms with van der Waals surface area (Å²) < 4.78 is 6.47. The number of nitrogens with one attached hydrogen (secondary N) is 1. The number of amides is 2. The van der Waals surface area contributed by atoms with Gasteiger partial charge in [0, 0.05) is 32.0 Å². The topological polar surface area (TPSA) is 107 Å². The third-order valence-corrected chi connectivity index (χ3v) is 5.06. The summed E-state index contributed by atoms with van der Waals surface area (Å²) in [6, 6.07) is 6.86. The van der Waals surface area contributed by atoms with Gasteiger partial charge in [0.2, 0.25) is 0 Å². The van der Waals surface area contributed by atoms with Crippen LogP contribution in [0.2, 0.25) is 0 Å². The van der Waals surface area contributed by atoms with Crippen LogP contribution in [0.5, 0.6) is 0 Å². The number of pyridine rings is 1. The van der Waals surface area contributed by atoms with Crippen molar-refractivity contribution >= 4 is 23.3 Å². The zero-order valence-corrected chi connectivity index (χ0v) is 14.9. The van der Waals surface area contributed by atoms with Crippen molar-refractivity contribution in [1.29, 1.82) is 0 Å². The van der Waals surface area contributed by atoms with Gasteiger partial charge in [-0.3, -0.25) is 24.3 Å². The van der Waals surface area contributed by atoms with Crippen LogP contribution in [0.25, 0.3) is 5.69 Å². The number of aromatic nitrogens is 1. The van der Waals surface area contributed by atoms with Crippen LogP contribution < -0.4 is 21.5 Å². The average molecular weight is 368 g/mol. The maximum Gasteiger partial charge on any atom is 0.262 e. The maximum absolute atomic E-state index is 12.6. The Morgan fingerprint density at radius 1 is 1.19 bits per heavy atom. The van der Waals surface area contributed by atoms with Gasteiger partial charge >= 0.3 is 0 Å². The van der Waals surface area contributed by atoms with E-state index in [0.717, 1.165) is 37.7 Å². The number of fused-ring (bicyclic) bond motifs is 2. The second-order valence-corrected chi connectivity index (χ2v) is 6.67. The van der Waals surface area contributed by atoms with Crippen molar-refractivity contribution in [3.63, 3.8) is 0 Å². The molecule has 0 saturated carbocycles. The monoisotopic (exact) mass is 368 g/mol. The Morgan fingerprint density at radius 3 is 2.78 bits per heavy atom. The lowest BCUT2D eigenvalue weighted by atomic mass is 10.0. The molecule has 2 aliphatic rings. The van der Waals surface area contributed by atoms with Gasteiger partial charge in [-0.25, -0.2) is 0 Å². The number of methoxy groups -OCH3 is 1. The smallest absolute Gasteiger partial charge is 0.262 e. The van der Waals surface area contributed by atoms with Crippen LogP contribution in [-0.4, -0.2) is 43.2 Å². The lowest BCUT2D eigenvalue weighted by Crippen LogP contribution is -2.32. The largest absolute Gasteiger partial charge is 0.384 e. The average Bonchev–Trinajstić information content (AvgIpc) is 2.93. The molecule has 0 saturated heterocycles. The van der Waals surface area contributed by atoms with E-state index in [4.69, 9.17) is 10.5 Å². The summed E-state index contributed by atoms with van der Waals surface area (Å²) in [5.41, 5.74) is 8.55. The van der Waals surface area contributed by atoms with E-state index < -0.39 is 17.4 Å². The summed E-state index contributed by atoms with van der Waals surface area (Å²) in [5, 5.41) is 2.18. The number of hydrogen-bond acceptors (Lipinski definition) is 6. The molecule has 27 heavy (non-hydrogen) atoms. The van der Waals surface area contributed by atoms with Crippen LogP contribution in [0.1, 0.15) is 32.7 Å². The van der Waals surface area contributed by atoms with E-state index in [1.165, 1.54) is 10.1 Å². The zero-order valence-electron chi connectivity index (χ0n) is 14.9. The molecular weight excluding hydrogens is 348 g/mol. The third-order valence-electron chi connectivity index (χ3n) is 5.06. The number of nitrogens with zero attached hydrogens (tertiary/aromatic N) is 2. The molecule has 2 aromatic rings. The van der Waals surface area contributed by atoms with Crippen molar-refractivity contribution in [2.45, 2.75) is 12.8 Å². The van der Waals surface area contributed by atoms with E-state index in [1.54, 1.807) is 7.11 Å². The Balaban J connectivity index is 1.84. The predicted molar refractivity (Wildman–Crippen MR) is 101 cm³/mol. The molecule has 8 heteroatoms. The molecule has 4 rings (SSSR count). The van der Waals surface area contributed by atoms with E-state index in [-0.39, 0.29) is 16.9 Å². The normalized spacial score (nSPS) is 15.5. The van der Waals surface area contributed by atoms with Gasteiger partial charge in [0.1, 0.15) is 5.82 Å². The highest BCUT2D eigenvalue weighted by molar-refractivity contribution is 6.23. The Labute approximate surface area is 155 Å². The van der Waals surface area contributed by atoms with E-state index in [9.17, 15) is 14.4 Å². The Kier molecular flexibility index (Phi) is 4.19. The Bertz CT molecular complexity index is 1010. The van der Waals surface area contributed by atoms with E-state index in [2.05, 4.69) is 10.2 Å². The standard InChI is InChI=1S/C19H20N4O4/c1-27-8-7-22-6-2-3-11-4-5-12(9-14(11)22)23-15(24)10-13-16(17(23)20)19(26)21-18(13)25/h4-5,9-10H,2-3,6-8,20H2,1H3,(H,21,25,26). The van der Waals surface area contributed by atoms with Gasteiger partial charge in [0.25, 0.3) is 17.4 Å². The molecule has 0 fully saturated rings.